The van der Waals surface area contributed by atoms with E-state index >= 15 is 0 Å². The van der Waals surface area contributed by atoms with E-state index in [1.54, 1.807) is 6.33 Å². The molecule has 1 heterocycles. The van der Waals surface area contributed by atoms with Gasteiger partial charge in [-0.25, -0.2) is 9.97 Å². The second kappa shape index (κ2) is 5.10. The summed E-state index contributed by atoms with van der Waals surface area (Å²) in [5.41, 5.74) is 2.02. The quantitative estimate of drug-likeness (QED) is 0.731. The van der Waals surface area contributed by atoms with Crippen LogP contribution in [0.15, 0.2) is 19.0 Å². The third-order valence-electron chi connectivity index (χ3n) is 2.04. The zero-order valence-corrected chi connectivity index (χ0v) is 10.6. The maximum absolute atomic E-state index is 5.33. The molecule has 1 aromatic heterocycles. The minimum atomic E-state index is 0.221. The van der Waals surface area contributed by atoms with Crippen molar-refractivity contribution in [3.8, 4) is 0 Å². The van der Waals surface area contributed by atoms with Crippen LogP contribution < -0.4 is 0 Å². The van der Waals surface area contributed by atoms with Gasteiger partial charge in [-0.1, -0.05) is 27.4 Å². The fourth-order valence-electron chi connectivity index (χ4n) is 1.44. The molecule has 16 heavy (non-hydrogen) atoms. The molecular formula is C13H20N2O. The normalized spacial score (nSPS) is 11.2. The highest BCUT2D eigenvalue weighted by molar-refractivity contribution is 5.53. The van der Waals surface area contributed by atoms with Gasteiger partial charge in [0.1, 0.15) is 17.8 Å². The first-order chi connectivity index (χ1) is 7.42. The Hall–Kier alpha value is -1.38. The van der Waals surface area contributed by atoms with E-state index in [1.807, 2.05) is 13.0 Å². The average molecular weight is 220 g/mol. The molecule has 0 aliphatic carbocycles. The fraction of sp³-hybridized carbons (Fsp3) is 0.538. The summed E-state index contributed by atoms with van der Waals surface area (Å²) in [5, 5.41) is 0. The van der Waals surface area contributed by atoms with Crippen LogP contribution in [0, 0.1) is 5.41 Å². The first-order valence-corrected chi connectivity index (χ1v) is 5.55. The van der Waals surface area contributed by atoms with Crippen molar-refractivity contribution in [2.75, 3.05) is 6.61 Å². The number of hydrogen-bond donors (Lipinski definition) is 0. The predicted octanol–water partition coefficient (Wildman–Crippen LogP) is 3.07. The van der Waals surface area contributed by atoms with Gasteiger partial charge >= 0.3 is 0 Å². The lowest BCUT2D eigenvalue weighted by Crippen LogP contribution is -2.11. The van der Waals surface area contributed by atoms with Crippen LogP contribution in [0.3, 0.4) is 0 Å². The Morgan fingerprint density at radius 1 is 1.38 bits per heavy atom. The minimum absolute atomic E-state index is 0.221. The lowest BCUT2D eigenvalue weighted by molar-refractivity contribution is 0.297. The topological polar surface area (TPSA) is 35.0 Å². The van der Waals surface area contributed by atoms with Crippen molar-refractivity contribution in [3.63, 3.8) is 0 Å². The van der Waals surface area contributed by atoms with Gasteiger partial charge in [0, 0.05) is 5.69 Å². The molecule has 0 aliphatic rings. The van der Waals surface area contributed by atoms with Crippen molar-refractivity contribution in [2.24, 2.45) is 5.41 Å². The molecule has 0 unspecified atom stereocenters. The molecule has 3 nitrogen and oxygen atoms in total. The fourth-order valence-corrected chi connectivity index (χ4v) is 1.44. The smallest absolute Gasteiger partial charge is 0.137 e. The number of aromatic nitrogens is 2. The van der Waals surface area contributed by atoms with E-state index in [4.69, 9.17) is 4.74 Å². The number of ether oxygens (including phenoxy) is 1. The van der Waals surface area contributed by atoms with Gasteiger partial charge in [0.2, 0.25) is 0 Å². The van der Waals surface area contributed by atoms with Crippen molar-refractivity contribution >= 4 is 5.76 Å². The maximum atomic E-state index is 5.33. The Kier molecular flexibility index (Phi) is 4.05. The molecule has 0 atom stereocenters. The lowest BCUT2D eigenvalue weighted by atomic mass is 9.90. The average Bonchev–Trinajstić information content (AvgIpc) is 2.16. The molecule has 0 bridgehead atoms. The molecule has 88 valence electrons. The Labute approximate surface area is 97.6 Å². The Morgan fingerprint density at radius 3 is 2.62 bits per heavy atom. The van der Waals surface area contributed by atoms with Crippen LogP contribution in [0.2, 0.25) is 0 Å². The SMILES string of the molecule is C=C(OCC)c1cc(CC(C)(C)C)ncn1. The van der Waals surface area contributed by atoms with Gasteiger partial charge in [0.25, 0.3) is 0 Å². The van der Waals surface area contributed by atoms with Crippen LogP contribution in [-0.2, 0) is 11.2 Å². The van der Waals surface area contributed by atoms with Gasteiger partial charge in [-0.05, 0) is 24.8 Å². The van der Waals surface area contributed by atoms with E-state index in [0.717, 1.165) is 17.8 Å². The number of hydrogen-bond acceptors (Lipinski definition) is 3. The van der Waals surface area contributed by atoms with Crippen molar-refractivity contribution in [2.45, 2.75) is 34.1 Å². The predicted molar refractivity (Wildman–Crippen MR) is 65.9 cm³/mol. The van der Waals surface area contributed by atoms with Crippen LogP contribution in [-0.4, -0.2) is 16.6 Å². The Morgan fingerprint density at radius 2 is 2.06 bits per heavy atom. The highest BCUT2D eigenvalue weighted by atomic mass is 16.5. The molecule has 0 amide bonds. The van der Waals surface area contributed by atoms with Gasteiger partial charge < -0.3 is 4.74 Å². The van der Waals surface area contributed by atoms with Crippen molar-refractivity contribution in [1.82, 2.24) is 9.97 Å². The first-order valence-electron chi connectivity index (χ1n) is 5.55. The van der Waals surface area contributed by atoms with E-state index in [2.05, 4.69) is 37.3 Å². The summed E-state index contributed by atoms with van der Waals surface area (Å²) in [6.45, 7) is 12.9. The minimum Gasteiger partial charge on any atom is -0.492 e. The zero-order valence-electron chi connectivity index (χ0n) is 10.6. The van der Waals surface area contributed by atoms with Crippen molar-refractivity contribution in [1.29, 1.82) is 0 Å². The van der Waals surface area contributed by atoms with Gasteiger partial charge in [-0.3, -0.25) is 0 Å². The molecular weight excluding hydrogens is 200 g/mol. The summed E-state index contributed by atoms with van der Waals surface area (Å²) < 4.78 is 5.33. The molecule has 0 N–H and O–H groups in total. The summed E-state index contributed by atoms with van der Waals surface area (Å²) >= 11 is 0. The molecule has 0 saturated carbocycles. The third kappa shape index (κ3) is 4.01. The molecule has 0 aliphatic heterocycles. The standard InChI is InChI=1S/C13H20N2O/c1-6-16-10(2)12-7-11(14-9-15-12)8-13(3,4)5/h7,9H,2,6,8H2,1,3-5H3. The molecule has 0 aromatic carbocycles. The van der Waals surface area contributed by atoms with Crippen molar-refractivity contribution < 1.29 is 4.74 Å². The Balaban J connectivity index is 2.83. The summed E-state index contributed by atoms with van der Waals surface area (Å²) in [7, 11) is 0. The highest BCUT2D eigenvalue weighted by Crippen LogP contribution is 2.20. The van der Waals surface area contributed by atoms with Gasteiger partial charge in [0.05, 0.1) is 6.61 Å². The second-order valence-corrected chi connectivity index (χ2v) is 4.99. The summed E-state index contributed by atoms with van der Waals surface area (Å²) in [6.07, 6.45) is 2.49. The molecule has 0 spiro atoms. The summed E-state index contributed by atoms with van der Waals surface area (Å²) in [5.74, 6) is 0.611. The maximum Gasteiger partial charge on any atom is 0.137 e. The third-order valence-corrected chi connectivity index (χ3v) is 2.04. The van der Waals surface area contributed by atoms with Crippen LogP contribution >= 0.6 is 0 Å². The van der Waals surface area contributed by atoms with E-state index in [9.17, 15) is 0 Å². The van der Waals surface area contributed by atoms with E-state index in [-0.39, 0.29) is 5.41 Å². The molecule has 0 fully saturated rings. The summed E-state index contributed by atoms with van der Waals surface area (Å²) in [6, 6.07) is 1.95. The monoisotopic (exact) mass is 220 g/mol. The van der Waals surface area contributed by atoms with Gasteiger partial charge in [-0.15, -0.1) is 0 Å². The van der Waals surface area contributed by atoms with E-state index in [1.165, 1.54) is 0 Å². The van der Waals surface area contributed by atoms with Crippen LogP contribution in [0.25, 0.3) is 5.76 Å². The Bertz CT molecular complexity index is 366. The lowest BCUT2D eigenvalue weighted by Gasteiger charge is -2.17. The summed E-state index contributed by atoms with van der Waals surface area (Å²) in [4.78, 5) is 8.41. The van der Waals surface area contributed by atoms with Gasteiger partial charge in [0.15, 0.2) is 0 Å². The molecule has 1 aromatic rings. The zero-order chi connectivity index (χ0) is 12.2. The first kappa shape index (κ1) is 12.7. The highest BCUT2D eigenvalue weighted by Gasteiger charge is 2.13. The molecule has 1 rings (SSSR count). The molecule has 0 radical (unpaired) electrons. The van der Waals surface area contributed by atoms with Crippen LogP contribution in [0.1, 0.15) is 39.1 Å². The largest absolute Gasteiger partial charge is 0.492 e. The van der Waals surface area contributed by atoms with Crippen LogP contribution in [0.5, 0.6) is 0 Å². The van der Waals surface area contributed by atoms with Gasteiger partial charge in [-0.2, -0.15) is 0 Å². The van der Waals surface area contributed by atoms with E-state index < -0.39 is 0 Å². The second-order valence-electron chi connectivity index (χ2n) is 4.99. The van der Waals surface area contributed by atoms with Crippen molar-refractivity contribution in [3.05, 3.63) is 30.4 Å². The molecule has 0 saturated heterocycles. The van der Waals surface area contributed by atoms with Crippen LogP contribution in [0.4, 0.5) is 0 Å². The molecule has 3 heteroatoms. The number of rotatable bonds is 4. The van der Waals surface area contributed by atoms with E-state index in [0.29, 0.717) is 12.4 Å². The number of nitrogens with zero attached hydrogens (tertiary/aromatic N) is 2.